The quantitative estimate of drug-likeness (QED) is 0.636. The van der Waals surface area contributed by atoms with Gasteiger partial charge in [0.15, 0.2) is 0 Å². The highest BCUT2D eigenvalue weighted by molar-refractivity contribution is 5.93. The molecule has 14 heavy (non-hydrogen) atoms. The maximum Gasteiger partial charge on any atom is 0.0998 e. The van der Waals surface area contributed by atoms with E-state index in [1.54, 1.807) is 6.07 Å². The fourth-order valence-corrected chi connectivity index (χ4v) is 1.63. The maximum absolute atomic E-state index is 8.95. The van der Waals surface area contributed by atoms with E-state index < -0.39 is 0 Å². The topological polar surface area (TPSA) is 49.8 Å². The van der Waals surface area contributed by atoms with Gasteiger partial charge in [0.1, 0.15) is 0 Å². The Bertz CT molecular complexity index is 536. The first-order valence-electron chi connectivity index (χ1n) is 4.42. The molecule has 0 bridgehead atoms. The summed E-state index contributed by atoms with van der Waals surface area (Å²) in [6.45, 7) is 1.97. The van der Waals surface area contributed by atoms with Crippen molar-refractivity contribution in [3.63, 3.8) is 0 Å². The first-order chi connectivity index (χ1) is 6.74. The number of nitrogens with two attached hydrogens (primary N) is 1. The second kappa shape index (κ2) is 3.04. The van der Waals surface area contributed by atoms with Crippen LogP contribution in [-0.4, -0.2) is 0 Å². The van der Waals surface area contributed by atoms with E-state index in [1.165, 1.54) is 0 Å². The Balaban J connectivity index is 2.99. The second-order valence-electron chi connectivity index (χ2n) is 3.30. The van der Waals surface area contributed by atoms with Crippen LogP contribution < -0.4 is 5.73 Å². The van der Waals surface area contributed by atoms with Crippen LogP contribution >= 0.6 is 0 Å². The fourth-order valence-electron chi connectivity index (χ4n) is 1.63. The van der Waals surface area contributed by atoms with Crippen molar-refractivity contribution >= 4 is 16.5 Å². The number of rotatable bonds is 0. The molecule has 0 aliphatic heterocycles. The maximum atomic E-state index is 8.95. The number of nitrogens with zero attached hydrogens (tertiary/aromatic N) is 1. The molecule has 2 aromatic carbocycles. The zero-order chi connectivity index (χ0) is 10.1. The Morgan fingerprint density at radius 3 is 2.50 bits per heavy atom. The molecule has 0 atom stereocenters. The van der Waals surface area contributed by atoms with Gasteiger partial charge in [-0.25, -0.2) is 0 Å². The minimum absolute atomic E-state index is 0.642. The van der Waals surface area contributed by atoms with Crippen molar-refractivity contribution in [2.45, 2.75) is 6.92 Å². The van der Waals surface area contributed by atoms with E-state index >= 15 is 0 Å². The number of fused-ring (bicyclic) bond motifs is 1. The SMILES string of the molecule is Cc1c(N)cc(C#N)c2ccccc12. The number of nitrogen functional groups attached to an aromatic ring is 1. The molecule has 0 unspecified atom stereocenters. The molecule has 68 valence electrons. The summed E-state index contributed by atoms with van der Waals surface area (Å²) in [5.74, 6) is 0. The lowest BCUT2D eigenvalue weighted by Gasteiger charge is -2.06. The Morgan fingerprint density at radius 2 is 1.86 bits per heavy atom. The molecular weight excluding hydrogens is 172 g/mol. The highest BCUT2D eigenvalue weighted by Gasteiger charge is 2.05. The van der Waals surface area contributed by atoms with E-state index in [-0.39, 0.29) is 0 Å². The van der Waals surface area contributed by atoms with Crippen molar-refractivity contribution in [1.82, 2.24) is 0 Å². The standard InChI is InChI=1S/C12H10N2/c1-8-10-4-2-3-5-11(10)9(7-13)6-12(8)14/h2-6H,14H2,1H3. The predicted octanol–water partition coefficient (Wildman–Crippen LogP) is 2.60. The molecule has 2 nitrogen and oxygen atoms in total. The monoisotopic (exact) mass is 182 g/mol. The molecule has 0 saturated heterocycles. The van der Waals surface area contributed by atoms with E-state index in [2.05, 4.69) is 6.07 Å². The summed E-state index contributed by atoms with van der Waals surface area (Å²) in [6, 6.07) is 11.7. The van der Waals surface area contributed by atoms with Crippen LogP contribution in [0.4, 0.5) is 5.69 Å². The van der Waals surface area contributed by atoms with Gasteiger partial charge in [-0.2, -0.15) is 5.26 Å². The normalized spacial score (nSPS) is 10.0. The Kier molecular flexibility index (Phi) is 1.86. The number of aryl methyl sites for hydroxylation is 1. The van der Waals surface area contributed by atoms with Crippen LogP contribution in [0.2, 0.25) is 0 Å². The number of nitriles is 1. The van der Waals surface area contributed by atoms with Crippen molar-refractivity contribution < 1.29 is 0 Å². The molecule has 0 saturated carbocycles. The number of benzene rings is 2. The van der Waals surface area contributed by atoms with Gasteiger partial charge in [-0.05, 0) is 29.3 Å². The molecule has 0 fully saturated rings. The molecule has 0 aliphatic carbocycles. The van der Waals surface area contributed by atoms with Crippen LogP contribution in [0.5, 0.6) is 0 Å². The van der Waals surface area contributed by atoms with Crippen LogP contribution in [0.25, 0.3) is 10.8 Å². The van der Waals surface area contributed by atoms with Gasteiger partial charge < -0.3 is 5.73 Å². The molecule has 2 rings (SSSR count). The van der Waals surface area contributed by atoms with Crippen molar-refractivity contribution in [2.24, 2.45) is 0 Å². The van der Waals surface area contributed by atoms with Gasteiger partial charge in [-0.3, -0.25) is 0 Å². The van der Waals surface area contributed by atoms with E-state index in [1.807, 2.05) is 31.2 Å². The van der Waals surface area contributed by atoms with Gasteiger partial charge in [-0.1, -0.05) is 24.3 Å². The number of hydrogen-bond donors (Lipinski definition) is 1. The van der Waals surface area contributed by atoms with E-state index in [4.69, 9.17) is 11.0 Å². The van der Waals surface area contributed by atoms with Crippen LogP contribution in [0.15, 0.2) is 30.3 Å². The summed E-state index contributed by atoms with van der Waals surface area (Å²) in [5, 5.41) is 11.0. The van der Waals surface area contributed by atoms with Crippen LogP contribution in [0, 0.1) is 18.3 Å². The zero-order valence-corrected chi connectivity index (χ0v) is 7.91. The first-order valence-corrected chi connectivity index (χ1v) is 4.42. The summed E-state index contributed by atoms with van der Waals surface area (Å²) >= 11 is 0. The smallest absolute Gasteiger partial charge is 0.0998 e. The van der Waals surface area contributed by atoms with Crippen molar-refractivity contribution in [3.8, 4) is 6.07 Å². The molecule has 2 N–H and O–H groups in total. The van der Waals surface area contributed by atoms with E-state index in [9.17, 15) is 0 Å². The summed E-state index contributed by atoms with van der Waals surface area (Å²) in [5.41, 5.74) is 8.18. The van der Waals surface area contributed by atoms with Crippen LogP contribution in [-0.2, 0) is 0 Å². The lowest BCUT2D eigenvalue weighted by atomic mass is 9.99. The zero-order valence-electron chi connectivity index (χ0n) is 7.91. The van der Waals surface area contributed by atoms with Crippen LogP contribution in [0.1, 0.15) is 11.1 Å². The molecule has 2 heteroatoms. The third-order valence-corrected chi connectivity index (χ3v) is 2.47. The molecule has 0 spiro atoms. The first kappa shape index (κ1) is 8.58. The van der Waals surface area contributed by atoms with Crippen molar-refractivity contribution in [1.29, 1.82) is 5.26 Å². The second-order valence-corrected chi connectivity index (χ2v) is 3.30. The average Bonchev–Trinajstić information content (AvgIpc) is 2.23. The number of anilines is 1. The third kappa shape index (κ3) is 1.11. The van der Waals surface area contributed by atoms with E-state index in [0.717, 1.165) is 16.3 Å². The van der Waals surface area contributed by atoms with Gasteiger partial charge in [0, 0.05) is 5.69 Å². The molecule has 2 aromatic rings. The highest BCUT2D eigenvalue weighted by atomic mass is 14.6. The molecule has 0 aliphatic rings. The largest absolute Gasteiger partial charge is 0.398 e. The summed E-state index contributed by atoms with van der Waals surface area (Å²) in [6.07, 6.45) is 0. The van der Waals surface area contributed by atoms with E-state index in [0.29, 0.717) is 11.3 Å². The Labute approximate surface area is 82.6 Å². The average molecular weight is 182 g/mol. The Morgan fingerprint density at radius 1 is 1.21 bits per heavy atom. The third-order valence-electron chi connectivity index (χ3n) is 2.47. The molecular formula is C12H10N2. The lowest BCUT2D eigenvalue weighted by molar-refractivity contribution is 1.47. The number of hydrogen-bond acceptors (Lipinski definition) is 2. The summed E-state index contributed by atoms with van der Waals surface area (Å²) < 4.78 is 0. The summed E-state index contributed by atoms with van der Waals surface area (Å²) in [7, 11) is 0. The van der Waals surface area contributed by atoms with Gasteiger partial charge >= 0.3 is 0 Å². The minimum atomic E-state index is 0.642. The minimum Gasteiger partial charge on any atom is -0.398 e. The van der Waals surface area contributed by atoms with Crippen molar-refractivity contribution in [2.75, 3.05) is 5.73 Å². The Hall–Kier alpha value is -2.01. The van der Waals surface area contributed by atoms with Gasteiger partial charge in [0.2, 0.25) is 0 Å². The van der Waals surface area contributed by atoms with Gasteiger partial charge in [-0.15, -0.1) is 0 Å². The predicted molar refractivity (Wildman–Crippen MR) is 57.8 cm³/mol. The van der Waals surface area contributed by atoms with Crippen molar-refractivity contribution in [3.05, 3.63) is 41.5 Å². The summed E-state index contributed by atoms with van der Waals surface area (Å²) in [4.78, 5) is 0. The van der Waals surface area contributed by atoms with Gasteiger partial charge in [0.25, 0.3) is 0 Å². The molecule has 0 amide bonds. The molecule has 0 heterocycles. The highest BCUT2D eigenvalue weighted by Crippen LogP contribution is 2.26. The van der Waals surface area contributed by atoms with Gasteiger partial charge in [0.05, 0.1) is 11.6 Å². The molecule has 0 aromatic heterocycles. The fraction of sp³-hybridized carbons (Fsp3) is 0.0833. The lowest BCUT2D eigenvalue weighted by Crippen LogP contribution is -1.92. The molecule has 0 radical (unpaired) electrons. The van der Waals surface area contributed by atoms with Crippen LogP contribution in [0.3, 0.4) is 0 Å².